The van der Waals surface area contributed by atoms with Crippen molar-refractivity contribution in [1.29, 1.82) is 0 Å². The van der Waals surface area contributed by atoms with E-state index in [2.05, 4.69) is 15.6 Å². The van der Waals surface area contributed by atoms with Crippen LogP contribution in [-0.4, -0.2) is 73.6 Å². The first-order valence-corrected chi connectivity index (χ1v) is 14.7. The average Bonchev–Trinajstić information content (AvgIpc) is 3.50. The highest BCUT2D eigenvalue weighted by Gasteiger charge is 2.25. The lowest BCUT2D eigenvalue weighted by atomic mass is 10.2. The number of nitro benzene ring substituents is 2. The molecule has 6 rings (SSSR count). The van der Waals surface area contributed by atoms with Crippen LogP contribution in [0.3, 0.4) is 0 Å². The molecule has 0 radical (unpaired) electrons. The molecule has 3 aromatic carbocycles. The number of methoxy groups -OCH3 is 1. The van der Waals surface area contributed by atoms with Gasteiger partial charge in [-0.25, -0.2) is 9.78 Å². The van der Waals surface area contributed by atoms with Crippen molar-refractivity contribution in [3.05, 3.63) is 110 Å². The molecule has 0 bridgehead atoms. The van der Waals surface area contributed by atoms with Crippen LogP contribution in [0.25, 0.3) is 11.2 Å². The number of carbonyl (C=O) groups is 1. The Labute approximate surface area is 267 Å². The summed E-state index contributed by atoms with van der Waals surface area (Å²) < 4.78 is 7.37. The fourth-order valence-electron chi connectivity index (χ4n) is 5.24. The monoisotopic (exact) mass is 638 g/mol. The molecule has 1 aliphatic heterocycles. The molecule has 16 heteroatoms. The highest BCUT2D eigenvalue weighted by atomic mass is 16.6. The van der Waals surface area contributed by atoms with Crippen molar-refractivity contribution in [3.63, 3.8) is 0 Å². The molecule has 1 saturated heterocycles. The number of amides is 2. The summed E-state index contributed by atoms with van der Waals surface area (Å²) >= 11 is 0. The van der Waals surface area contributed by atoms with E-state index in [0.717, 1.165) is 16.9 Å². The number of hydrogen-bond donors (Lipinski definition) is 2. The molecule has 1 aliphatic rings. The van der Waals surface area contributed by atoms with Crippen molar-refractivity contribution in [2.75, 3.05) is 48.8 Å². The summed E-state index contributed by atoms with van der Waals surface area (Å²) in [5.74, 6) is 1.72. The van der Waals surface area contributed by atoms with E-state index in [1.807, 2.05) is 33.7 Å². The predicted molar refractivity (Wildman–Crippen MR) is 174 cm³/mol. The molecule has 0 saturated carbocycles. The van der Waals surface area contributed by atoms with Crippen LogP contribution in [0.2, 0.25) is 0 Å². The van der Waals surface area contributed by atoms with Crippen LogP contribution in [0.5, 0.6) is 5.75 Å². The second-order valence-corrected chi connectivity index (χ2v) is 10.7. The van der Waals surface area contributed by atoms with Gasteiger partial charge in [-0.3, -0.25) is 20.2 Å². The first-order valence-electron chi connectivity index (χ1n) is 14.7. The number of rotatable bonds is 10. The number of para-hydroxylation sites is 1. The maximum Gasteiger partial charge on any atom is 0.321 e. The minimum absolute atomic E-state index is 0.0113. The van der Waals surface area contributed by atoms with E-state index in [0.29, 0.717) is 67.9 Å². The van der Waals surface area contributed by atoms with Crippen molar-refractivity contribution >= 4 is 46.0 Å². The number of carbonyl (C=O) groups excluding carboxylic acids is 1. The quantitative estimate of drug-likeness (QED) is 0.160. The zero-order valence-electron chi connectivity index (χ0n) is 25.3. The lowest BCUT2D eigenvalue weighted by Gasteiger charge is -2.34. The Morgan fingerprint density at radius 3 is 2.21 bits per heavy atom. The Hall–Kier alpha value is -6.32. The largest absolute Gasteiger partial charge is 0.496 e. The zero-order valence-corrected chi connectivity index (χ0v) is 25.3. The van der Waals surface area contributed by atoms with Gasteiger partial charge in [-0.2, -0.15) is 9.97 Å². The van der Waals surface area contributed by atoms with Gasteiger partial charge in [-0.1, -0.05) is 30.3 Å². The third-order valence-corrected chi connectivity index (χ3v) is 7.77. The number of aromatic nitrogens is 4. The van der Waals surface area contributed by atoms with Gasteiger partial charge in [0.2, 0.25) is 5.95 Å². The Morgan fingerprint density at radius 1 is 0.894 bits per heavy atom. The maximum absolute atomic E-state index is 12.9. The van der Waals surface area contributed by atoms with Crippen LogP contribution < -0.4 is 20.3 Å². The van der Waals surface area contributed by atoms with E-state index in [1.54, 1.807) is 30.5 Å². The highest BCUT2D eigenvalue weighted by Crippen LogP contribution is 2.27. The van der Waals surface area contributed by atoms with Gasteiger partial charge >= 0.3 is 6.03 Å². The molecule has 0 unspecified atom stereocenters. The van der Waals surface area contributed by atoms with Crippen molar-refractivity contribution in [2.24, 2.45) is 0 Å². The molecule has 5 aromatic rings. The number of urea groups is 1. The minimum Gasteiger partial charge on any atom is -0.496 e. The Balaban J connectivity index is 1.22. The summed E-state index contributed by atoms with van der Waals surface area (Å²) in [4.78, 5) is 52.0. The van der Waals surface area contributed by atoms with Crippen LogP contribution in [0, 0.1) is 20.2 Å². The van der Waals surface area contributed by atoms with Crippen LogP contribution in [-0.2, 0) is 13.1 Å². The minimum atomic E-state index is -0.494. The van der Waals surface area contributed by atoms with E-state index in [-0.39, 0.29) is 17.4 Å². The third-order valence-electron chi connectivity index (χ3n) is 7.77. The molecular weight excluding hydrogens is 608 g/mol. The number of nitro groups is 2. The maximum atomic E-state index is 12.9. The Kier molecular flexibility index (Phi) is 8.72. The summed E-state index contributed by atoms with van der Waals surface area (Å²) in [5.41, 5.74) is 3.33. The molecule has 240 valence electrons. The van der Waals surface area contributed by atoms with Crippen LogP contribution >= 0.6 is 0 Å². The summed E-state index contributed by atoms with van der Waals surface area (Å²) in [6.07, 6.45) is 1.67. The molecule has 16 nitrogen and oxygen atoms in total. The van der Waals surface area contributed by atoms with Gasteiger partial charge < -0.3 is 29.7 Å². The number of piperazine rings is 1. The molecule has 0 spiro atoms. The van der Waals surface area contributed by atoms with Crippen LogP contribution in [0.1, 0.15) is 11.1 Å². The number of anilines is 3. The van der Waals surface area contributed by atoms with Crippen molar-refractivity contribution in [3.8, 4) is 5.75 Å². The van der Waals surface area contributed by atoms with Gasteiger partial charge in [0.05, 0.1) is 29.8 Å². The van der Waals surface area contributed by atoms with E-state index >= 15 is 0 Å². The van der Waals surface area contributed by atoms with Crippen molar-refractivity contribution in [2.45, 2.75) is 13.1 Å². The lowest BCUT2D eigenvalue weighted by Crippen LogP contribution is -2.50. The topological polar surface area (TPSA) is 187 Å². The smallest absolute Gasteiger partial charge is 0.321 e. The van der Waals surface area contributed by atoms with Gasteiger partial charge in [0, 0.05) is 68.2 Å². The Bertz CT molecular complexity index is 1920. The van der Waals surface area contributed by atoms with Crippen LogP contribution in [0.15, 0.2) is 79.1 Å². The molecule has 2 N–H and O–H groups in total. The Morgan fingerprint density at radius 2 is 1.55 bits per heavy atom. The number of ether oxygens (including phenoxy) is 1. The summed E-state index contributed by atoms with van der Waals surface area (Å²) in [5, 5.41) is 28.2. The number of benzene rings is 3. The molecule has 0 atom stereocenters. The second-order valence-electron chi connectivity index (χ2n) is 10.7. The van der Waals surface area contributed by atoms with E-state index in [1.165, 1.54) is 36.4 Å². The number of nitrogens with zero attached hydrogens (tertiary/aromatic N) is 8. The predicted octanol–water partition coefficient (Wildman–Crippen LogP) is 4.67. The van der Waals surface area contributed by atoms with Crippen molar-refractivity contribution in [1.82, 2.24) is 24.4 Å². The van der Waals surface area contributed by atoms with Gasteiger partial charge in [-0.15, -0.1) is 0 Å². The van der Waals surface area contributed by atoms with Crippen LogP contribution in [0.4, 0.5) is 33.6 Å². The number of nitrogens with one attached hydrogen (secondary N) is 2. The third kappa shape index (κ3) is 6.85. The van der Waals surface area contributed by atoms with Gasteiger partial charge in [0.1, 0.15) is 5.75 Å². The fourth-order valence-corrected chi connectivity index (χ4v) is 5.24. The first-order chi connectivity index (χ1) is 22.8. The number of hydrogen-bond acceptors (Lipinski definition) is 11. The summed E-state index contributed by atoms with van der Waals surface area (Å²) in [6.45, 7) is 2.51. The highest BCUT2D eigenvalue weighted by molar-refractivity contribution is 5.89. The lowest BCUT2D eigenvalue weighted by molar-refractivity contribution is -0.385. The van der Waals surface area contributed by atoms with E-state index in [9.17, 15) is 25.0 Å². The summed E-state index contributed by atoms with van der Waals surface area (Å²) in [7, 11) is 1.62. The molecular formula is C31H30N10O6. The summed E-state index contributed by atoms with van der Waals surface area (Å²) in [6, 6.07) is 19.4. The van der Waals surface area contributed by atoms with E-state index in [4.69, 9.17) is 14.7 Å². The number of imidazole rings is 1. The molecule has 1 fully saturated rings. The van der Waals surface area contributed by atoms with Crippen molar-refractivity contribution < 1.29 is 19.4 Å². The number of fused-ring (bicyclic) bond motifs is 1. The molecule has 2 aromatic heterocycles. The molecule has 47 heavy (non-hydrogen) atoms. The second kappa shape index (κ2) is 13.4. The SMILES string of the molecule is COc1ccccc1CNc1nc(N2CCN(C(=O)Nc3ccc([N+](=O)[O-])cc3)CC2)nc2c1ncn2Cc1ccc([N+](=O)[O-])cc1. The van der Waals surface area contributed by atoms with Gasteiger partial charge in [0.15, 0.2) is 17.0 Å². The molecule has 0 aliphatic carbocycles. The standard InChI is InChI=1S/C31H30N10O6/c1-47-26-5-3-2-4-22(26)18-32-28-27-29(39(20-33-27)19-21-6-10-24(11-7-21)40(43)44)36-30(35-28)37-14-16-38(17-15-37)31(42)34-23-8-12-25(13-9-23)41(45)46/h2-13,20H,14-19H2,1H3,(H,34,42)(H,32,35,36). The normalized spacial score (nSPS) is 13.0. The first kappa shape index (κ1) is 30.7. The van der Waals surface area contributed by atoms with E-state index < -0.39 is 9.85 Å². The van der Waals surface area contributed by atoms with Gasteiger partial charge in [0.25, 0.3) is 11.4 Å². The fraction of sp³-hybridized carbons (Fsp3) is 0.226. The van der Waals surface area contributed by atoms with Gasteiger partial charge in [-0.05, 0) is 23.8 Å². The zero-order chi connectivity index (χ0) is 32.9. The average molecular weight is 639 g/mol. The molecule has 2 amide bonds. The molecule has 3 heterocycles. The number of non-ortho nitro benzene ring substituents is 2.